The molecule has 0 spiro atoms. The summed E-state index contributed by atoms with van der Waals surface area (Å²) in [7, 11) is 0. The van der Waals surface area contributed by atoms with Gasteiger partial charge in [0.25, 0.3) is 0 Å². The zero-order valence-corrected chi connectivity index (χ0v) is 12.6. The lowest BCUT2D eigenvalue weighted by Crippen LogP contribution is -2.08. The van der Waals surface area contributed by atoms with E-state index in [1.807, 2.05) is 32.0 Å². The van der Waals surface area contributed by atoms with E-state index < -0.39 is 0 Å². The molecular weight excluding hydrogens is 258 g/mol. The van der Waals surface area contributed by atoms with Gasteiger partial charge >= 0.3 is 0 Å². The summed E-state index contributed by atoms with van der Waals surface area (Å²) in [6.45, 7) is 9.36. The summed E-state index contributed by atoms with van der Waals surface area (Å²) >= 11 is 6.14. The lowest BCUT2D eigenvalue weighted by Gasteiger charge is -2.13. The number of benzene rings is 1. The molecule has 0 aliphatic rings. The minimum atomic E-state index is 0.578. The van der Waals surface area contributed by atoms with Gasteiger partial charge in [0, 0.05) is 23.5 Å². The molecule has 2 aromatic rings. The average Bonchev–Trinajstić information content (AvgIpc) is 2.64. The molecule has 0 fully saturated rings. The number of hydrogen-bond acceptors (Lipinski definition) is 2. The van der Waals surface area contributed by atoms with Crippen molar-refractivity contribution >= 4 is 23.2 Å². The summed E-state index contributed by atoms with van der Waals surface area (Å²) in [5, 5.41) is 4.14. The highest BCUT2D eigenvalue weighted by Gasteiger charge is 2.09. The first-order chi connectivity index (χ1) is 8.97. The molecule has 0 atom stereocenters. The van der Waals surface area contributed by atoms with Crippen LogP contribution in [0.15, 0.2) is 24.4 Å². The first-order valence-electron chi connectivity index (χ1n) is 6.53. The second-order valence-corrected chi connectivity index (χ2v) is 5.70. The Balaban J connectivity index is 2.30. The molecule has 2 rings (SSSR count). The lowest BCUT2D eigenvalue weighted by molar-refractivity contribution is 0.527. The first-order valence-corrected chi connectivity index (χ1v) is 6.91. The Labute approximate surface area is 119 Å². The average molecular weight is 278 g/mol. The molecule has 4 heteroatoms. The Bertz CT molecular complexity index is 573. The van der Waals surface area contributed by atoms with Crippen molar-refractivity contribution in [3.63, 3.8) is 0 Å². The molecule has 1 heterocycles. The Morgan fingerprint density at radius 1 is 1.32 bits per heavy atom. The maximum absolute atomic E-state index is 6.14. The number of halogens is 1. The normalized spacial score (nSPS) is 11.1. The topological polar surface area (TPSA) is 29.9 Å². The Morgan fingerprint density at radius 3 is 2.74 bits per heavy atom. The van der Waals surface area contributed by atoms with E-state index in [0.29, 0.717) is 5.92 Å². The molecule has 0 saturated heterocycles. The smallest absolute Gasteiger partial charge is 0.207 e. The standard InChI is InChI=1S/C15H20ClN3/c1-10(2)8-19-9-11(3)17-15(19)18-14-7-5-6-13(16)12(14)4/h5-7,9-10H,8H2,1-4H3,(H,17,18). The van der Waals surface area contributed by atoms with E-state index in [1.54, 1.807) is 0 Å². The zero-order valence-electron chi connectivity index (χ0n) is 11.9. The number of nitrogens with one attached hydrogen (secondary N) is 1. The van der Waals surface area contributed by atoms with E-state index in [-0.39, 0.29) is 0 Å². The fourth-order valence-electron chi connectivity index (χ4n) is 2.04. The van der Waals surface area contributed by atoms with Crippen molar-refractivity contribution in [2.24, 2.45) is 5.92 Å². The van der Waals surface area contributed by atoms with Crippen molar-refractivity contribution < 1.29 is 0 Å². The lowest BCUT2D eigenvalue weighted by atomic mass is 10.2. The minimum Gasteiger partial charge on any atom is -0.325 e. The van der Waals surface area contributed by atoms with Crippen LogP contribution in [0.4, 0.5) is 11.6 Å². The minimum absolute atomic E-state index is 0.578. The van der Waals surface area contributed by atoms with Gasteiger partial charge < -0.3 is 9.88 Å². The quantitative estimate of drug-likeness (QED) is 0.888. The van der Waals surface area contributed by atoms with Crippen LogP contribution >= 0.6 is 11.6 Å². The predicted molar refractivity (Wildman–Crippen MR) is 81.3 cm³/mol. The third kappa shape index (κ3) is 3.29. The van der Waals surface area contributed by atoms with E-state index in [9.17, 15) is 0 Å². The van der Waals surface area contributed by atoms with Gasteiger partial charge in [0.15, 0.2) is 0 Å². The van der Waals surface area contributed by atoms with E-state index in [0.717, 1.165) is 34.5 Å². The summed E-state index contributed by atoms with van der Waals surface area (Å²) in [4.78, 5) is 4.54. The summed E-state index contributed by atoms with van der Waals surface area (Å²) in [5.41, 5.74) is 3.06. The fourth-order valence-corrected chi connectivity index (χ4v) is 2.22. The largest absolute Gasteiger partial charge is 0.325 e. The fraction of sp³-hybridized carbons (Fsp3) is 0.400. The van der Waals surface area contributed by atoms with Gasteiger partial charge in [-0.05, 0) is 37.5 Å². The van der Waals surface area contributed by atoms with Crippen LogP contribution in [0.25, 0.3) is 0 Å². The van der Waals surface area contributed by atoms with Crippen molar-refractivity contribution in [1.29, 1.82) is 0 Å². The number of anilines is 2. The highest BCUT2D eigenvalue weighted by molar-refractivity contribution is 6.31. The zero-order chi connectivity index (χ0) is 14.0. The van der Waals surface area contributed by atoms with Crippen molar-refractivity contribution in [3.05, 3.63) is 40.7 Å². The number of imidazole rings is 1. The van der Waals surface area contributed by atoms with Gasteiger partial charge in [-0.15, -0.1) is 0 Å². The van der Waals surface area contributed by atoms with Gasteiger partial charge in [-0.3, -0.25) is 0 Å². The van der Waals surface area contributed by atoms with Gasteiger partial charge in [0.05, 0.1) is 5.69 Å². The predicted octanol–water partition coefficient (Wildman–Crippen LogP) is 4.55. The summed E-state index contributed by atoms with van der Waals surface area (Å²) in [5.74, 6) is 1.45. The number of aromatic nitrogens is 2. The maximum Gasteiger partial charge on any atom is 0.207 e. The van der Waals surface area contributed by atoms with Crippen LogP contribution in [0.2, 0.25) is 5.02 Å². The number of rotatable bonds is 4. The van der Waals surface area contributed by atoms with Crippen LogP contribution < -0.4 is 5.32 Å². The van der Waals surface area contributed by atoms with E-state index in [1.165, 1.54) is 0 Å². The third-order valence-corrected chi connectivity index (χ3v) is 3.38. The van der Waals surface area contributed by atoms with Gasteiger partial charge in [-0.1, -0.05) is 31.5 Å². The molecule has 0 unspecified atom stereocenters. The number of hydrogen-bond donors (Lipinski definition) is 1. The molecule has 0 aliphatic carbocycles. The molecule has 0 radical (unpaired) electrons. The maximum atomic E-state index is 6.14. The molecule has 0 bridgehead atoms. The van der Waals surface area contributed by atoms with E-state index >= 15 is 0 Å². The Kier molecular flexibility index (Phi) is 4.15. The van der Waals surface area contributed by atoms with E-state index in [4.69, 9.17) is 11.6 Å². The summed E-state index contributed by atoms with van der Waals surface area (Å²) in [6.07, 6.45) is 2.07. The third-order valence-electron chi connectivity index (χ3n) is 2.97. The van der Waals surface area contributed by atoms with Crippen LogP contribution in [0.1, 0.15) is 25.1 Å². The molecule has 0 saturated carbocycles. The van der Waals surface area contributed by atoms with Crippen molar-refractivity contribution in [2.45, 2.75) is 34.2 Å². The molecule has 0 amide bonds. The molecular formula is C15H20ClN3. The van der Waals surface area contributed by atoms with E-state index in [2.05, 4.69) is 34.9 Å². The Hall–Kier alpha value is -1.48. The van der Waals surface area contributed by atoms with Gasteiger partial charge in [-0.25, -0.2) is 4.98 Å². The molecule has 0 aliphatic heterocycles. The molecule has 19 heavy (non-hydrogen) atoms. The first kappa shape index (κ1) is 13.9. The van der Waals surface area contributed by atoms with Crippen molar-refractivity contribution in [1.82, 2.24) is 9.55 Å². The van der Waals surface area contributed by atoms with Crippen molar-refractivity contribution in [3.8, 4) is 0 Å². The van der Waals surface area contributed by atoms with Gasteiger partial charge in [0.2, 0.25) is 5.95 Å². The van der Waals surface area contributed by atoms with Crippen LogP contribution in [0.5, 0.6) is 0 Å². The highest BCUT2D eigenvalue weighted by Crippen LogP contribution is 2.26. The summed E-state index contributed by atoms with van der Waals surface area (Å²) in [6, 6.07) is 5.86. The van der Waals surface area contributed by atoms with Crippen LogP contribution in [-0.2, 0) is 6.54 Å². The van der Waals surface area contributed by atoms with Crippen LogP contribution in [0, 0.1) is 19.8 Å². The summed E-state index contributed by atoms with van der Waals surface area (Å²) < 4.78 is 2.15. The van der Waals surface area contributed by atoms with Gasteiger partial charge in [0.1, 0.15) is 0 Å². The molecule has 3 nitrogen and oxygen atoms in total. The molecule has 1 aromatic heterocycles. The van der Waals surface area contributed by atoms with Gasteiger partial charge in [-0.2, -0.15) is 0 Å². The van der Waals surface area contributed by atoms with Crippen LogP contribution in [-0.4, -0.2) is 9.55 Å². The number of aryl methyl sites for hydroxylation is 1. The molecule has 1 aromatic carbocycles. The Morgan fingerprint density at radius 2 is 2.05 bits per heavy atom. The number of nitrogens with zero attached hydrogens (tertiary/aromatic N) is 2. The molecule has 1 N–H and O–H groups in total. The van der Waals surface area contributed by atoms with Crippen LogP contribution in [0.3, 0.4) is 0 Å². The second kappa shape index (κ2) is 5.66. The van der Waals surface area contributed by atoms with Crippen molar-refractivity contribution in [2.75, 3.05) is 5.32 Å². The monoisotopic (exact) mass is 277 g/mol. The SMILES string of the molecule is Cc1cn(CC(C)C)c(Nc2cccc(Cl)c2C)n1. The second-order valence-electron chi connectivity index (χ2n) is 5.29. The molecule has 102 valence electrons. The highest BCUT2D eigenvalue weighted by atomic mass is 35.5.